The van der Waals surface area contributed by atoms with Crippen molar-refractivity contribution in [3.63, 3.8) is 0 Å². The molecule has 28 heavy (non-hydrogen) atoms. The number of benzene rings is 2. The summed E-state index contributed by atoms with van der Waals surface area (Å²) in [5, 5.41) is 10.9. The molecule has 2 aromatic carbocycles. The van der Waals surface area contributed by atoms with Crippen molar-refractivity contribution in [3.05, 3.63) is 60.2 Å². The number of aliphatic imine (C=N–C) groups is 1. The predicted octanol–water partition coefficient (Wildman–Crippen LogP) is 5.07. The molecule has 0 unspecified atom stereocenters. The van der Waals surface area contributed by atoms with Crippen LogP contribution in [0.15, 0.2) is 59.6 Å². The molecule has 0 radical (unpaired) electrons. The monoisotopic (exact) mass is 374 g/mol. The lowest BCUT2D eigenvalue weighted by Gasteiger charge is -2.21. The number of phenolic OH excluding ortho intramolecular Hbond substituents is 1. The molecule has 0 amide bonds. The third-order valence-electron chi connectivity index (χ3n) is 5.72. The van der Waals surface area contributed by atoms with E-state index in [-0.39, 0.29) is 23.3 Å². The van der Waals surface area contributed by atoms with E-state index in [1.807, 2.05) is 36.4 Å². The molecule has 0 spiro atoms. The Morgan fingerprint density at radius 2 is 1.96 bits per heavy atom. The molecule has 0 bridgehead atoms. The number of ether oxygens (including phenoxy) is 2. The van der Waals surface area contributed by atoms with Crippen LogP contribution < -0.4 is 4.74 Å². The van der Waals surface area contributed by atoms with Crippen molar-refractivity contribution in [2.75, 3.05) is 0 Å². The van der Waals surface area contributed by atoms with Crippen LogP contribution in [-0.2, 0) is 4.74 Å². The van der Waals surface area contributed by atoms with Crippen molar-refractivity contribution >= 4 is 16.8 Å². The standard InChI is InChI=1S/C23H22N2O3/c1-23(2)12-11-18-21(23)25-22(28-18)15-6-3-7-16(13-15)27-19-10-9-14-5-4-8-17(26)20(14)24-19/h3-10,13,18,21,26H,11-12H2,1-2H3/t18-,21-/m1/s1. The van der Waals surface area contributed by atoms with Gasteiger partial charge in [0.25, 0.3) is 0 Å². The average Bonchev–Trinajstić information content (AvgIpc) is 3.24. The number of rotatable bonds is 3. The van der Waals surface area contributed by atoms with E-state index in [1.165, 1.54) is 0 Å². The van der Waals surface area contributed by atoms with Gasteiger partial charge in [0.2, 0.25) is 11.8 Å². The van der Waals surface area contributed by atoms with E-state index in [9.17, 15) is 5.11 Å². The van der Waals surface area contributed by atoms with E-state index < -0.39 is 0 Å². The van der Waals surface area contributed by atoms with E-state index in [2.05, 4.69) is 18.8 Å². The minimum atomic E-state index is 0.138. The molecule has 5 rings (SSSR count). The molecule has 3 aromatic rings. The van der Waals surface area contributed by atoms with E-state index in [0.717, 1.165) is 23.8 Å². The van der Waals surface area contributed by atoms with E-state index in [0.29, 0.717) is 23.0 Å². The maximum atomic E-state index is 10.0. The number of aromatic nitrogens is 1. The normalized spacial score (nSPS) is 22.6. The molecular formula is C23H22N2O3. The van der Waals surface area contributed by atoms with Gasteiger partial charge in [-0.15, -0.1) is 0 Å². The first-order valence-electron chi connectivity index (χ1n) is 9.61. The number of hydrogen-bond donors (Lipinski definition) is 1. The summed E-state index contributed by atoms with van der Waals surface area (Å²) in [6, 6.07) is 16.9. The number of aromatic hydroxyl groups is 1. The van der Waals surface area contributed by atoms with Gasteiger partial charge < -0.3 is 14.6 Å². The van der Waals surface area contributed by atoms with Crippen LogP contribution in [0.2, 0.25) is 0 Å². The van der Waals surface area contributed by atoms with Gasteiger partial charge in [-0.1, -0.05) is 32.0 Å². The largest absolute Gasteiger partial charge is 0.506 e. The zero-order valence-corrected chi connectivity index (χ0v) is 15.9. The zero-order chi connectivity index (χ0) is 19.3. The minimum absolute atomic E-state index is 0.138. The molecule has 5 nitrogen and oxygen atoms in total. The molecule has 1 aliphatic carbocycles. The fourth-order valence-corrected chi connectivity index (χ4v) is 4.13. The van der Waals surface area contributed by atoms with Gasteiger partial charge in [0.1, 0.15) is 23.1 Å². The van der Waals surface area contributed by atoms with E-state index in [4.69, 9.17) is 14.5 Å². The Bertz CT molecular complexity index is 1090. The Hall–Kier alpha value is -3.08. The SMILES string of the molecule is CC1(C)CC[C@H]2OC(c3cccc(Oc4ccc5cccc(O)c5n4)c3)=N[C@H]21. The molecule has 5 heteroatoms. The van der Waals surface area contributed by atoms with Crippen LogP contribution in [0, 0.1) is 5.41 Å². The second kappa shape index (κ2) is 6.23. The highest BCUT2D eigenvalue weighted by atomic mass is 16.5. The third-order valence-corrected chi connectivity index (χ3v) is 5.72. The summed E-state index contributed by atoms with van der Waals surface area (Å²) < 4.78 is 12.1. The highest BCUT2D eigenvalue weighted by molar-refractivity contribution is 5.96. The first kappa shape index (κ1) is 17.0. The molecule has 2 aliphatic rings. The molecule has 142 valence electrons. The van der Waals surface area contributed by atoms with Crippen molar-refractivity contribution < 1.29 is 14.6 Å². The van der Waals surface area contributed by atoms with Crippen molar-refractivity contribution in [2.24, 2.45) is 10.4 Å². The van der Waals surface area contributed by atoms with Crippen molar-refractivity contribution in [2.45, 2.75) is 38.8 Å². The Morgan fingerprint density at radius 1 is 1.11 bits per heavy atom. The highest BCUT2D eigenvalue weighted by Gasteiger charge is 2.47. The van der Waals surface area contributed by atoms with Crippen LogP contribution in [0.5, 0.6) is 17.4 Å². The number of pyridine rings is 1. The van der Waals surface area contributed by atoms with Crippen LogP contribution in [0.25, 0.3) is 10.9 Å². The second-order valence-electron chi connectivity index (χ2n) is 8.19. The Morgan fingerprint density at radius 3 is 2.82 bits per heavy atom. The van der Waals surface area contributed by atoms with E-state index >= 15 is 0 Å². The predicted molar refractivity (Wildman–Crippen MR) is 108 cm³/mol. The van der Waals surface area contributed by atoms with Gasteiger partial charge in [0, 0.05) is 17.0 Å². The topological polar surface area (TPSA) is 63.9 Å². The first-order valence-corrected chi connectivity index (χ1v) is 9.61. The van der Waals surface area contributed by atoms with Gasteiger partial charge in [-0.3, -0.25) is 0 Å². The van der Waals surface area contributed by atoms with Gasteiger partial charge >= 0.3 is 0 Å². The number of nitrogens with zero attached hydrogens (tertiary/aromatic N) is 2. The Balaban J connectivity index is 1.42. The zero-order valence-electron chi connectivity index (χ0n) is 15.9. The summed E-state index contributed by atoms with van der Waals surface area (Å²) in [6.45, 7) is 4.52. The van der Waals surface area contributed by atoms with Gasteiger partial charge in [-0.05, 0) is 48.6 Å². The summed E-state index contributed by atoms with van der Waals surface area (Å²) in [7, 11) is 0. The molecule has 0 saturated heterocycles. The first-order chi connectivity index (χ1) is 13.5. The molecular weight excluding hydrogens is 352 g/mol. The van der Waals surface area contributed by atoms with Crippen LogP contribution >= 0.6 is 0 Å². The molecule has 2 heterocycles. The fourth-order valence-electron chi connectivity index (χ4n) is 4.13. The van der Waals surface area contributed by atoms with Crippen LogP contribution in [0.1, 0.15) is 32.3 Å². The summed E-state index contributed by atoms with van der Waals surface area (Å²) in [4.78, 5) is 9.29. The van der Waals surface area contributed by atoms with Gasteiger partial charge in [0.05, 0.1) is 6.04 Å². The summed E-state index contributed by atoms with van der Waals surface area (Å²) in [6.07, 6.45) is 2.37. The highest BCUT2D eigenvalue weighted by Crippen LogP contribution is 2.44. The number of para-hydroxylation sites is 1. The van der Waals surface area contributed by atoms with Crippen molar-refractivity contribution in [1.29, 1.82) is 0 Å². The molecule has 1 fully saturated rings. The lowest BCUT2D eigenvalue weighted by atomic mass is 9.87. The third kappa shape index (κ3) is 2.87. The van der Waals surface area contributed by atoms with Gasteiger partial charge in [-0.25, -0.2) is 9.98 Å². The lowest BCUT2D eigenvalue weighted by molar-refractivity contribution is 0.191. The van der Waals surface area contributed by atoms with Crippen molar-refractivity contribution in [1.82, 2.24) is 4.98 Å². The quantitative estimate of drug-likeness (QED) is 0.695. The van der Waals surface area contributed by atoms with Gasteiger partial charge in [0.15, 0.2) is 0 Å². The number of fused-ring (bicyclic) bond motifs is 2. The van der Waals surface area contributed by atoms with Crippen LogP contribution in [-0.4, -0.2) is 28.1 Å². The average molecular weight is 374 g/mol. The number of phenols is 1. The molecule has 1 saturated carbocycles. The second-order valence-corrected chi connectivity index (χ2v) is 8.19. The van der Waals surface area contributed by atoms with Crippen molar-refractivity contribution in [3.8, 4) is 17.4 Å². The van der Waals surface area contributed by atoms with Crippen LogP contribution in [0.3, 0.4) is 0 Å². The summed E-state index contributed by atoms with van der Waals surface area (Å²) in [5.74, 6) is 1.91. The Labute approximate surface area is 163 Å². The smallest absolute Gasteiger partial charge is 0.219 e. The van der Waals surface area contributed by atoms with Crippen LogP contribution in [0.4, 0.5) is 0 Å². The molecule has 1 aliphatic heterocycles. The number of hydrogen-bond acceptors (Lipinski definition) is 5. The minimum Gasteiger partial charge on any atom is -0.506 e. The van der Waals surface area contributed by atoms with E-state index in [1.54, 1.807) is 18.2 Å². The Kier molecular flexibility index (Phi) is 3.79. The summed E-state index contributed by atoms with van der Waals surface area (Å²) in [5.41, 5.74) is 1.61. The molecule has 1 N–H and O–H groups in total. The lowest BCUT2D eigenvalue weighted by Crippen LogP contribution is -2.26. The fraction of sp³-hybridized carbons (Fsp3) is 0.304. The molecule has 2 atom stereocenters. The maximum Gasteiger partial charge on any atom is 0.219 e. The molecule has 1 aromatic heterocycles. The van der Waals surface area contributed by atoms with Gasteiger partial charge in [-0.2, -0.15) is 0 Å². The summed E-state index contributed by atoms with van der Waals surface area (Å²) >= 11 is 0. The maximum absolute atomic E-state index is 10.0.